The molecule has 2 rings (SSSR count). The van der Waals surface area contributed by atoms with Crippen LogP contribution in [0.1, 0.15) is 18.1 Å². The van der Waals surface area contributed by atoms with Crippen molar-refractivity contribution < 1.29 is 4.42 Å². The van der Waals surface area contributed by atoms with Gasteiger partial charge in [0.2, 0.25) is 0 Å². The number of rotatable bonds is 4. The smallest absolute Gasteiger partial charge is 0.134 e. The fourth-order valence-electron chi connectivity index (χ4n) is 1.58. The van der Waals surface area contributed by atoms with Crippen molar-refractivity contribution in [2.24, 2.45) is 5.73 Å². The Balaban J connectivity index is 2.38. The van der Waals surface area contributed by atoms with Crippen LogP contribution in [0.5, 0.6) is 0 Å². The lowest BCUT2D eigenvalue weighted by Gasteiger charge is -1.98. The zero-order valence-electron chi connectivity index (χ0n) is 8.82. The van der Waals surface area contributed by atoms with Crippen LogP contribution in [0, 0.1) is 0 Å². The van der Waals surface area contributed by atoms with Crippen LogP contribution in [-0.2, 0) is 12.3 Å². The third kappa shape index (κ3) is 2.19. The Labute approximate surface area is 93.8 Å². The van der Waals surface area contributed by atoms with Gasteiger partial charge < -0.3 is 10.2 Å². The zero-order chi connectivity index (χ0) is 10.7. The van der Waals surface area contributed by atoms with Crippen molar-refractivity contribution in [2.75, 3.05) is 5.75 Å². The second-order valence-electron chi connectivity index (χ2n) is 3.43. The standard InChI is InChI=1S/C12H15NOS/c1-2-15-8-10-7-14-12-4-3-9(6-13)5-11(10)12/h3-5,7H,2,6,8,13H2,1H3. The predicted molar refractivity (Wildman–Crippen MR) is 65.9 cm³/mol. The van der Waals surface area contributed by atoms with Crippen LogP contribution in [0.15, 0.2) is 28.9 Å². The van der Waals surface area contributed by atoms with E-state index >= 15 is 0 Å². The van der Waals surface area contributed by atoms with Gasteiger partial charge in [-0.15, -0.1) is 0 Å². The summed E-state index contributed by atoms with van der Waals surface area (Å²) in [5.74, 6) is 2.14. The fraction of sp³-hybridized carbons (Fsp3) is 0.333. The van der Waals surface area contributed by atoms with Gasteiger partial charge in [0.1, 0.15) is 5.58 Å². The lowest BCUT2D eigenvalue weighted by molar-refractivity contribution is 0.612. The third-order valence-corrected chi connectivity index (χ3v) is 3.34. The molecule has 0 aliphatic rings. The maximum Gasteiger partial charge on any atom is 0.134 e. The van der Waals surface area contributed by atoms with Crippen LogP contribution >= 0.6 is 11.8 Å². The first-order valence-corrected chi connectivity index (χ1v) is 6.27. The molecule has 0 amide bonds. The first-order valence-electron chi connectivity index (χ1n) is 5.12. The molecule has 0 bridgehead atoms. The quantitative estimate of drug-likeness (QED) is 0.862. The van der Waals surface area contributed by atoms with Crippen LogP contribution in [0.2, 0.25) is 0 Å². The van der Waals surface area contributed by atoms with Gasteiger partial charge in [-0.1, -0.05) is 13.0 Å². The molecule has 3 heteroatoms. The highest BCUT2D eigenvalue weighted by atomic mass is 32.2. The molecule has 0 unspecified atom stereocenters. The van der Waals surface area contributed by atoms with E-state index in [0.717, 1.165) is 22.7 Å². The summed E-state index contributed by atoms with van der Waals surface area (Å²) in [4.78, 5) is 0. The Morgan fingerprint density at radius 3 is 3.00 bits per heavy atom. The molecule has 0 spiro atoms. The number of hydrogen-bond donors (Lipinski definition) is 1. The summed E-state index contributed by atoms with van der Waals surface area (Å²) in [7, 11) is 0. The molecule has 2 aromatic rings. The number of fused-ring (bicyclic) bond motifs is 1. The summed E-state index contributed by atoms with van der Waals surface area (Å²) in [6.45, 7) is 2.75. The summed E-state index contributed by atoms with van der Waals surface area (Å²) < 4.78 is 5.49. The van der Waals surface area contributed by atoms with Crippen LogP contribution in [0.3, 0.4) is 0 Å². The maximum atomic E-state index is 5.62. The molecule has 0 atom stereocenters. The highest BCUT2D eigenvalue weighted by molar-refractivity contribution is 7.98. The first-order chi connectivity index (χ1) is 7.35. The lowest BCUT2D eigenvalue weighted by atomic mass is 10.1. The molecule has 1 aromatic heterocycles. The molecule has 0 fully saturated rings. The Morgan fingerprint density at radius 1 is 1.40 bits per heavy atom. The topological polar surface area (TPSA) is 39.2 Å². The van der Waals surface area contributed by atoms with Crippen LogP contribution in [0.25, 0.3) is 11.0 Å². The van der Waals surface area contributed by atoms with Crippen molar-refractivity contribution in [3.8, 4) is 0 Å². The molecule has 80 valence electrons. The molecule has 0 saturated heterocycles. The number of benzene rings is 1. The third-order valence-electron chi connectivity index (χ3n) is 2.42. The summed E-state index contributed by atoms with van der Waals surface area (Å²) >= 11 is 1.90. The average Bonchev–Trinajstić information content (AvgIpc) is 2.68. The monoisotopic (exact) mass is 221 g/mol. The Morgan fingerprint density at radius 2 is 2.27 bits per heavy atom. The van der Waals surface area contributed by atoms with Gasteiger partial charge in [-0.2, -0.15) is 11.8 Å². The zero-order valence-corrected chi connectivity index (χ0v) is 9.64. The maximum absolute atomic E-state index is 5.62. The van der Waals surface area contributed by atoms with Crippen molar-refractivity contribution in [1.82, 2.24) is 0 Å². The predicted octanol–water partition coefficient (Wildman–Crippen LogP) is 3.14. The van der Waals surface area contributed by atoms with Gasteiger partial charge >= 0.3 is 0 Å². The molecule has 15 heavy (non-hydrogen) atoms. The molecule has 2 nitrogen and oxygen atoms in total. The number of thioether (sulfide) groups is 1. The lowest BCUT2D eigenvalue weighted by Crippen LogP contribution is -1.95. The van der Waals surface area contributed by atoms with Gasteiger partial charge in [0.25, 0.3) is 0 Å². The molecule has 1 aromatic carbocycles. The number of hydrogen-bond acceptors (Lipinski definition) is 3. The van der Waals surface area contributed by atoms with E-state index in [0.29, 0.717) is 6.54 Å². The molecule has 0 aliphatic heterocycles. The van der Waals surface area contributed by atoms with E-state index in [1.54, 1.807) is 0 Å². The molecule has 0 saturated carbocycles. The molecule has 1 heterocycles. The van der Waals surface area contributed by atoms with E-state index in [4.69, 9.17) is 10.2 Å². The van der Waals surface area contributed by atoms with Crippen LogP contribution < -0.4 is 5.73 Å². The van der Waals surface area contributed by atoms with E-state index in [-0.39, 0.29) is 0 Å². The summed E-state index contributed by atoms with van der Waals surface area (Å²) in [6, 6.07) is 6.14. The molecule has 0 radical (unpaired) electrons. The molecular weight excluding hydrogens is 206 g/mol. The highest BCUT2D eigenvalue weighted by Crippen LogP contribution is 2.25. The van der Waals surface area contributed by atoms with E-state index in [1.165, 1.54) is 10.9 Å². The van der Waals surface area contributed by atoms with Crippen molar-refractivity contribution >= 4 is 22.7 Å². The molecular formula is C12H15NOS. The van der Waals surface area contributed by atoms with Gasteiger partial charge in [0, 0.05) is 23.2 Å². The van der Waals surface area contributed by atoms with Gasteiger partial charge in [0.05, 0.1) is 6.26 Å². The number of nitrogens with two attached hydrogens (primary N) is 1. The largest absolute Gasteiger partial charge is 0.464 e. The van der Waals surface area contributed by atoms with Crippen molar-refractivity contribution in [1.29, 1.82) is 0 Å². The Kier molecular flexibility index (Phi) is 3.34. The summed E-state index contributed by atoms with van der Waals surface area (Å²) in [6.07, 6.45) is 1.85. The highest BCUT2D eigenvalue weighted by Gasteiger charge is 2.05. The van der Waals surface area contributed by atoms with Gasteiger partial charge in [-0.05, 0) is 23.4 Å². The minimum absolute atomic E-state index is 0.585. The average molecular weight is 221 g/mol. The molecule has 0 aliphatic carbocycles. The van der Waals surface area contributed by atoms with Crippen LogP contribution in [0.4, 0.5) is 0 Å². The normalized spacial score (nSPS) is 11.1. The minimum Gasteiger partial charge on any atom is -0.464 e. The minimum atomic E-state index is 0.585. The van der Waals surface area contributed by atoms with Crippen LogP contribution in [-0.4, -0.2) is 5.75 Å². The second-order valence-corrected chi connectivity index (χ2v) is 4.71. The molecule has 2 N–H and O–H groups in total. The summed E-state index contributed by atoms with van der Waals surface area (Å²) in [5.41, 5.74) is 9.01. The summed E-state index contributed by atoms with van der Waals surface area (Å²) in [5, 5.41) is 1.21. The van der Waals surface area contributed by atoms with E-state index in [2.05, 4.69) is 13.0 Å². The fourth-order valence-corrected chi connectivity index (χ4v) is 2.23. The van der Waals surface area contributed by atoms with E-state index in [9.17, 15) is 0 Å². The van der Waals surface area contributed by atoms with Crippen molar-refractivity contribution in [3.63, 3.8) is 0 Å². The van der Waals surface area contributed by atoms with Gasteiger partial charge in [0.15, 0.2) is 0 Å². The van der Waals surface area contributed by atoms with Gasteiger partial charge in [-0.3, -0.25) is 0 Å². The van der Waals surface area contributed by atoms with E-state index in [1.807, 2.05) is 30.2 Å². The van der Waals surface area contributed by atoms with Crippen molar-refractivity contribution in [2.45, 2.75) is 19.2 Å². The second kappa shape index (κ2) is 4.73. The van der Waals surface area contributed by atoms with Gasteiger partial charge in [-0.25, -0.2) is 0 Å². The van der Waals surface area contributed by atoms with Crippen molar-refractivity contribution in [3.05, 3.63) is 35.6 Å². The Hall–Kier alpha value is -0.930. The Bertz CT molecular complexity index is 450. The number of furan rings is 1. The first kappa shape index (κ1) is 10.6. The SMILES string of the molecule is CCSCc1coc2ccc(CN)cc12. The van der Waals surface area contributed by atoms with E-state index < -0.39 is 0 Å².